The zero-order chi connectivity index (χ0) is 29.6. The number of ketones is 4. The van der Waals surface area contributed by atoms with Crippen molar-refractivity contribution in [3.63, 3.8) is 0 Å². The molecule has 0 atom stereocenters. The maximum Gasteiger partial charge on any atom is 4.00 e. The Morgan fingerprint density at radius 3 is 0.732 bits per heavy atom. The van der Waals surface area contributed by atoms with Gasteiger partial charge in [0, 0.05) is 0 Å². The normalized spacial score (nSPS) is 8.88. The molecule has 6 nitrogen and oxygen atoms in total. The Balaban J connectivity index is 0.000000642. The Morgan fingerprint density at radius 2 is 0.585 bits per heavy atom. The van der Waals surface area contributed by atoms with Gasteiger partial charge in [0.1, 0.15) is 0 Å². The van der Waals surface area contributed by atoms with Crippen molar-refractivity contribution in [3.05, 3.63) is 156 Å². The molecule has 0 fully saturated rings. The van der Waals surface area contributed by atoms with E-state index in [4.69, 9.17) is 10.2 Å². The maximum atomic E-state index is 11.8. The van der Waals surface area contributed by atoms with E-state index in [2.05, 4.69) is 0 Å². The first-order valence-corrected chi connectivity index (χ1v) is 12.6. The van der Waals surface area contributed by atoms with E-state index in [-0.39, 0.29) is 58.1 Å². The number of benzene rings is 4. The average molecular weight is 584 g/mol. The molecular formula is C34H32O6Ti. The molecule has 0 aliphatic heterocycles. The van der Waals surface area contributed by atoms with Crippen molar-refractivity contribution in [2.24, 2.45) is 0 Å². The van der Waals surface area contributed by atoms with Gasteiger partial charge >= 0.3 is 21.7 Å². The monoisotopic (exact) mass is 584 g/mol. The molecule has 7 heteroatoms. The summed E-state index contributed by atoms with van der Waals surface area (Å²) in [6.07, 6.45) is 2.26. The Morgan fingerprint density at radius 1 is 0.439 bits per heavy atom. The van der Waals surface area contributed by atoms with E-state index < -0.39 is 0 Å². The van der Waals surface area contributed by atoms with Gasteiger partial charge in [0.05, 0.1) is 23.1 Å². The summed E-state index contributed by atoms with van der Waals surface area (Å²) >= 11 is 0. The summed E-state index contributed by atoms with van der Waals surface area (Å²) in [5.41, 5.74) is 2.10. The van der Waals surface area contributed by atoms with Gasteiger partial charge in [-0.25, -0.2) is 0 Å². The molecule has 0 heterocycles. The third-order valence-corrected chi connectivity index (χ3v) is 4.76. The Labute approximate surface area is 257 Å². The van der Waals surface area contributed by atoms with Gasteiger partial charge in [0.2, 0.25) is 0 Å². The molecule has 0 saturated heterocycles. The second-order valence-electron chi connectivity index (χ2n) is 7.79. The predicted octanol–water partition coefficient (Wildman–Crippen LogP) is 4.64. The summed E-state index contributed by atoms with van der Waals surface area (Å²) in [7, 11) is 0. The molecule has 208 valence electrons. The number of rotatable bonds is 8. The molecule has 41 heavy (non-hydrogen) atoms. The molecule has 0 unspecified atom stereocenters. The molecule has 0 spiro atoms. The fourth-order valence-electron chi connectivity index (χ4n) is 2.98. The van der Waals surface area contributed by atoms with Crippen molar-refractivity contribution in [2.75, 3.05) is 13.2 Å². The number of Topliss-reactive ketones (excluding diaryl/α,β-unsaturated/α-hetero) is 4. The number of hydrogen-bond acceptors (Lipinski definition) is 6. The van der Waals surface area contributed by atoms with Gasteiger partial charge in [0.25, 0.3) is 0 Å². The van der Waals surface area contributed by atoms with Crippen LogP contribution in [0.5, 0.6) is 0 Å². The van der Waals surface area contributed by atoms with Gasteiger partial charge in [-0.3, -0.25) is 0 Å². The SMILES string of the molecule is CC[O-].CC[O-].O=C([CH-]C(=O)c1ccccc1)c1ccccc1.O=C([CH-]C(=O)c1ccccc1)c1ccccc1.[Ti+4]. The summed E-state index contributed by atoms with van der Waals surface area (Å²) in [5, 5.41) is 17.9. The van der Waals surface area contributed by atoms with Crippen LogP contribution in [0.3, 0.4) is 0 Å². The Bertz CT molecular complexity index is 1080. The third kappa shape index (κ3) is 15.3. The van der Waals surface area contributed by atoms with E-state index >= 15 is 0 Å². The minimum atomic E-state index is -0.264. The molecule has 0 aromatic heterocycles. The van der Waals surface area contributed by atoms with Crippen molar-refractivity contribution in [3.8, 4) is 0 Å². The van der Waals surface area contributed by atoms with Crippen molar-refractivity contribution in [1.82, 2.24) is 0 Å². The number of carbonyl (C=O) groups is 4. The molecule has 4 rings (SSSR count). The summed E-state index contributed by atoms with van der Waals surface area (Å²) < 4.78 is 0. The quantitative estimate of drug-likeness (QED) is 0.129. The maximum absolute atomic E-state index is 11.8. The van der Waals surface area contributed by atoms with E-state index in [0.29, 0.717) is 22.3 Å². The molecule has 0 amide bonds. The minimum absolute atomic E-state index is 0. The van der Waals surface area contributed by atoms with Crippen molar-refractivity contribution >= 4 is 23.1 Å². The summed E-state index contributed by atoms with van der Waals surface area (Å²) in [6.45, 7) is 3.14. The van der Waals surface area contributed by atoms with E-state index in [0.717, 1.165) is 12.8 Å². The van der Waals surface area contributed by atoms with Crippen LogP contribution in [0.4, 0.5) is 0 Å². The smallest absolute Gasteiger partial charge is 0.855 e. The van der Waals surface area contributed by atoms with Gasteiger partial charge in [-0.15, -0.1) is 61.7 Å². The molecule has 0 bridgehead atoms. The second kappa shape index (κ2) is 22.7. The van der Waals surface area contributed by atoms with Crippen LogP contribution in [0.1, 0.15) is 55.3 Å². The van der Waals surface area contributed by atoms with Crippen LogP contribution in [0, 0.1) is 12.8 Å². The van der Waals surface area contributed by atoms with Gasteiger partial charge in [-0.05, 0) is 0 Å². The van der Waals surface area contributed by atoms with Gasteiger partial charge in [0.15, 0.2) is 0 Å². The average Bonchev–Trinajstić information content (AvgIpc) is 3.00. The first kappa shape index (κ1) is 36.9. The van der Waals surface area contributed by atoms with Crippen LogP contribution in [-0.2, 0) is 21.7 Å². The summed E-state index contributed by atoms with van der Waals surface area (Å²) in [4.78, 5) is 47.0. The van der Waals surface area contributed by atoms with Gasteiger partial charge in [-0.1, -0.05) is 122 Å². The van der Waals surface area contributed by atoms with E-state index in [1.54, 1.807) is 111 Å². The van der Waals surface area contributed by atoms with Crippen LogP contribution in [0.15, 0.2) is 121 Å². The number of carbonyl (C=O) groups excluding carboxylic acids is 4. The molecule has 0 saturated carbocycles. The van der Waals surface area contributed by atoms with Crippen LogP contribution in [-0.4, -0.2) is 36.3 Å². The predicted molar refractivity (Wildman–Crippen MR) is 153 cm³/mol. The summed E-state index contributed by atoms with van der Waals surface area (Å²) in [5.74, 6) is -1.06. The fourth-order valence-corrected chi connectivity index (χ4v) is 2.98. The third-order valence-electron chi connectivity index (χ3n) is 4.76. The van der Waals surface area contributed by atoms with Crippen LogP contribution >= 0.6 is 0 Å². The van der Waals surface area contributed by atoms with Crippen molar-refractivity contribution < 1.29 is 51.1 Å². The Kier molecular flexibility index (Phi) is 20.5. The zero-order valence-corrected chi connectivity index (χ0v) is 24.6. The molecule has 0 N–H and O–H groups in total. The molecule has 0 aliphatic rings. The molecule has 0 radical (unpaired) electrons. The van der Waals surface area contributed by atoms with Gasteiger partial charge < -0.3 is 29.4 Å². The van der Waals surface area contributed by atoms with E-state index in [9.17, 15) is 19.2 Å². The van der Waals surface area contributed by atoms with Gasteiger partial charge in [-0.2, -0.15) is 0 Å². The largest absolute Gasteiger partial charge is 4.00 e. The first-order valence-electron chi connectivity index (χ1n) is 12.6. The minimum Gasteiger partial charge on any atom is -0.855 e. The number of hydrogen-bond donors (Lipinski definition) is 0. The van der Waals surface area contributed by atoms with Crippen LogP contribution in [0.25, 0.3) is 0 Å². The topological polar surface area (TPSA) is 114 Å². The summed E-state index contributed by atoms with van der Waals surface area (Å²) in [6, 6.07) is 35.0. The molecular weight excluding hydrogens is 552 g/mol. The van der Waals surface area contributed by atoms with E-state index in [1.807, 2.05) is 24.3 Å². The van der Waals surface area contributed by atoms with Crippen molar-refractivity contribution in [1.29, 1.82) is 0 Å². The molecule has 4 aromatic carbocycles. The first-order chi connectivity index (χ1) is 19.4. The van der Waals surface area contributed by atoms with E-state index in [1.165, 1.54) is 0 Å². The van der Waals surface area contributed by atoms with Crippen LogP contribution < -0.4 is 10.2 Å². The van der Waals surface area contributed by atoms with Crippen LogP contribution in [0.2, 0.25) is 0 Å². The molecule has 4 aromatic rings. The zero-order valence-electron chi connectivity index (χ0n) is 23.1. The molecule has 0 aliphatic carbocycles. The standard InChI is InChI=1S/2C15H11O2.2C2H5O.Ti/c2*16-14(12-7-3-1-4-8-12)11-15(17)13-9-5-2-6-10-13;2*1-2-3;/h2*1-11H;2*2H2,1H3;/q4*-1;+4. The fraction of sp³-hybridized carbons (Fsp3) is 0.118. The second-order valence-corrected chi connectivity index (χ2v) is 7.79. The van der Waals surface area contributed by atoms with Crippen molar-refractivity contribution in [2.45, 2.75) is 13.8 Å². The Hall–Kier alpha value is -4.07.